The average Bonchev–Trinajstić information content (AvgIpc) is 2.76. The average molecular weight is 251 g/mol. The number of carbonyl (C=O) groups is 1. The van der Waals surface area contributed by atoms with Crippen molar-refractivity contribution in [2.75, 3.05) is 12.3 Å². The third kappa shape index (κ3) is 1.43. The predicted octanol–water partition coefficient (Wildman–Crippen LogP) is -0.324. The van der Waals surface area contributed by atoms with E-state index in [9.17, 15) is 9.59 Å². The van der Waals surface area contributed by atoms with Crippen LogP contribution in [0.25, 0.3) is 0 Å². The summed E-state index contributed by atoms with van der Waals surface area (Å²) in [5.41, 5.74) is 4.28. The summed E-state index contributed by atoms with van der Waals surface area (Å²) in [6, 6.07) is 1.53. The van der Waals surface area contributed by atoms with E-state index in [0.29, 0.717) is 6.42 Å². The molecule has 3 atom stereocenters. The first-order valence-corrected chi connectivity index (χ1v) is 5.68. The van der Waals surface area contributed by atoms with Crippen molar-refractivity contribution in [2.45, 2.75) is 25.7 Å². The second-order valence-corrected chi connectivity index (χ2v) is 4.84. The van der Waals surface area contributed by atoms with Crippen molar-refractivity contribution < 1.29 is 14.3 Å². The van der Waals surface area contributed by atoms with Gasteiger partial charge in [-0.2, -0.15) is 4.98 Å². The molecule has 0 unspecified atom stereocenters. The quantitative estimate of drug-likeness (QED) is 0.687. The molecule has 7 heteroatoms. The summed E-state index contributed by atoms with van der Waals surface area (Å²) in [6.45, 7) is 2.03. The zero-order chi connectivity index (χ0) is 12.9. The van der Waals surface area contributed by atoms with E-state index in [1.165, 1.54) is 16.8 Å². The largest absolute Gasteiger partial charge is 0.462 e. The van der Waals surface area contributed by atoms with Crippen LogP contribution in [0.2, 0.25) is 0 Å². The fourth-order valence-corrected chi connectivity index (χ4v) is 2.45. The molecule has 0 spiro atoms. The molecule has 2 aliphatic rings. The van der Waals surface area contributed by atoms with Crippen LogP contribution in [-0.4, -0.2) is 28.2 Å². The topological polar surface area (TPSA) is 96.4 Å². The molecule has 2 aliphatic heterocycles. The lowest BCUT2D eigenvalue weighted by Gasteiger charge is -2.15. The Hall–Kier alpha value is -1.89. The molecule has 3 heterocycles. The van der Waals surface area contributed by atoms with Crippen LogP contribution in [0, 0.1) is 5.41 Å². The number of fused-ring (bicyclic) bond motifs is 1. The number of carbonyl (C=O) groups excluding carboxylic acids is 1. The van der Waals surface area contributed by atoms with Crippen LogP contribution in [0.15, 0.2) is 17.1 Å². The number of hydrogen-bond acceptors (Lipinski definition) is 6. The lowest BCUT2D eigenvalue weighted by molar-refractivity contribution is -0.145. The zero-order valence-electron chi connectivity index (χ0n) is 9.83. The lowest BCUT2D eigenvalue weighted by atomic mass is 9.85. The molecule has 0 aliphatic carbocycles. The number of nitrogens with two attached hydrogens (primary N) is 1. The molecule has 2 saturated heterocycles. The Morgan fingerprint density at radius 2 is 2.33 bits per heavy atom. The Kier molecular flexibility index (Phi) is 2.21. The summed E-state index contributed by atoms with van der Waals surface area (Å²) in [6.07, 6.45) is 1.14. The van der Waals surface area contributed by atoms with E-state index in [2.05, 4.69) is 4.98 Å². The van der Waals surface area contributed by atoms with Crippen LogP contribution < -0.4 is 11.4 Å². The van der Waals surface area contributed by atoms with E-state index in [1.54, 1.807) is 6.92 Å². The molecule has 2 fully saturated rings. The predicted molar refractivity (Wildman–Crippen MR) is 60.5 cm³/mol. The fourth-order valence-electron chi connectivity index (χ4n) is 2.45. The number of nitrogen functional groups attached to an aromatic ring is 1. The molecule has 0 bridgehead atoms. The molecule has 18 heavy (non-hydrogen) atoms. The van der Waals surface area contributed by atoms with Crippen molar-refractivity contribution in [3.63, 3.8) is 0 Å². The maximum absolute atomic E-state index is 11.7. The summed E-state index contributed by atoms with van der Waals surface area (Å²) in [5.74, 6) is -0.105. The van der Waals surface area contributed by atoms with Crippen molar-refractivity contribution in [3.05, 3.63) is 22.7 Å². The number of cyclic esters (lactones) is 1. The Labute approximate surface area is 103 Å². The number of esters is 1. The van der Waals surface area contributed by atoms with Gasteiger partial charge in [-0.1, -0.05) is 0 Å². The first-order valence-electron chi connectivity index (χ1n) is 5.68. The summed E-state index contributed by atoms with van der Waals surface area (Å²) >= 11 is 0. The van der Waals surface area contributed by atoms with Crippen molar-refractivity contribution in [2.24, 2.45) is 5.41 Å². The van der Waals surface area contributed by atoms with Crippen LogP contribution in [-0.2, 0) is 14.3 Å². The van der Waals surface area contributed by atoms with Gasteiger partial charge in [0.25, 0.3) is 0 Å². The van der Waals surface area contributed by atoms with E-state index in [4.69, 9.17) is 15.2 Å². The Bertz CT molecular complexity index is 570. The van der Waals surface area contributed by atoms with E-state index >= 15 is 0 Å². The number of aromatic nitrogens is 2. The zero-order valence-corrected chi connectivity index (χ0v) is 9.83. The molecule has 1 aromatic heterocycles. The lowest BCUT2D eigenvalue weighted by Crippen LogP contribution is -2.29. The van der Waals surface area contributed by atoms with Gasteiger partial charge in [-0.15, -0.1) is 0 Å². The SMILES string of the molecule is C[C@@]12C[C@H](n3ccc(N)nc3=O)O[C@@H]1COC2=O. The van der Waals surface area contributed by atoms with Crippen LogP contribution in [0.1, 0.15) is 19.6 Å². The highest BCUT2D eigenvalue weighted by atomic mass is 16.6. The minimum absolute atomic E-state index is 0.167. The Morgan fingerprint density at radius 1 is 1.56 bits per heavy atom. The number of rotatable bonds is 1. The Morgan fingerprint density at radius 3 is 3.00 bits per heavy atom. The highest BCUT2D eigenvalue weighted by Crippen LogP contribution is 2.47. The smallest absolute Gasteiger partial charge is 0.351 e. The van der Waals surface area contributed by atoms with Crippen molar-refractivity contribution >= 4 is 11.8 Å². The van der Waals surface area contributed by atoms with Gasteiger partial charge in [0.05, 0.1) is 5.41 Å². The van der Waals surface area contributed by atoms with Crippen LogP contribution in [0.5, 0.6) is 0 Å². The molecule has 2 N–H and O–H groups in total. The van der Waals surface area contributed by atoms with E-state index in [1.807, 2.05) is 0 Å². The summed E-state index contributed by atoms with van der Waals surface area (Å²) in [5, 5.41) is 0. The number of anilines is 1. The van der Waals surface area contributed by atoms with Gasteiger partial charge in [-0.3, -0.25) is 9.36 Å². The van der Waals surface area contributed by atoms with Gasteiger partial charge in [0.1, 0.15) is 24.8 Å². The molecular weight excluding hydrogens is 238 g/mol. The second-order valence-electron chi connectivity index (χ2n) is 4.84. The first kappa shape index (κ1) is 11.2. The summed E-state index contributed by atoms with van der Waals surface area (Å²) < 4.78 is 12.0. The van der Waals surface area contributed by atoms with Gasteiger partial charge >= 0.3 is 11.7 Å². The first-order chi connectivity index (χ1) is 8.50. The van der Waals surface area contributed by atoms with Crippen molar-refractivity contribution in [1.82, 2.24) is 9.55 Å². The van der Waals surface area contributed by atoms with Gasteiger partial charge in [0.2, 0.25) is 0 Å². The molecule has 0 radical (unpaired) electrons. The molecule has 0 saturated carbocycles. The number of ether oxygens (including phenoxy) is 2. The van der Waals surface area contributed by atoms with Gasteiger partial charge < -0.3 is 15.2 Å². The van der Waals surface area contributed by atoms with Crippen LogP contribution in [0.3, 0.4) is 0 Å². The maximum atomic E-state index is 11.7. The third-order valence-electron chi connectivity index (χ3n) is 3.62. The van der Waals surface area contributed by atoms with Crippen LogP contribution in [0.4, 0.5) is 5.82 Å². The molecule has 7 nitrogen and oxygen atoms in total. The van der Waals surface area contributed by atoms with Gasteiger partial charge in [0.15, 0.2) is 0 Å². The normalized spacial score (nSPS) is 34.4. The van der Waals surface area contributed by atoms with Gasteiger partial charge in [-0.05, 0) is 13.0 Å². The highest BCUT2D eigenvalue weighted by molar-refractivity contribution is 5.79. The van der Waals surface area contributed by atoms with Crippen molar-refractivity contribution in [3.8, 4) is 0 Å². The molecule has 3 rings (SSSR count). The maximum Gasteiger partial charge on any atom is 0.351 e. The molecular formula is C11H13N3O4. The monoisotopic (exact) mass is 251 g/mol. The van der Waals surface area contributed by atoms with E-state index < -0.39 is 17.3 Å². The minimum atomic E-state index is -0.675. The second kappa shape index (κ2) is 3.55. The van der Waals surface area contributed by atoms with E-state index in [0.717, 1.165) is 0 Å². The molecule has 0 aromatic carbocycles. The van der Waals surface area contributed by atoms with Gasteiger partial charge in [0, 0.05) is 12.6 Å². The van der Waals surface area contributed by atoms with E-state index in [-0.39, 0.29) is 24.5 Å². The fraction of sp³-hybridized carbons (Fsp3) is 0.545. The highest BCUT2D eigenvalue weighted by Gasteiger charge is 2.56. The van der Waals surface area contributed by atoms with Crippen molar-refractivity contribution in [1.29, 1.82) is 0 Å². The Balaban J connectivity index is 1.93. The molecule has 0 amide bonds. The van der Waals surface area contributed by atoms with Crippen LogP contribution >= 0.6 is 0 Å². The number of hydrogen-bond donors (Lipinski definition) is 1. The third-order valence-corrected chi connectivity index (χ3v) is 3.62. The summed E-state index contributed by atoms with van der Waals surface area (Å²) in [4.78, 5) is 27.0. The number of nitrogens with zero attached hydrogens (tertiary/aromatic N) is 2. The molecule has 96 valence electrons. The minimum Gasteiger partial charge on any atom is -0.462 e. The standard InChI is InChI=1S/C11H13N3O4/c1-11-4-8(18-6(11)5-17-9(11)15)14-3-2-7(12)13-10(14)16/h2-3,6,8H,4-5H2,1H3,(H2,12,13,16)/t6-,8-,11-/m1/s1. The molecule has 1 aromatic rings. The summed E-state index contributed by atoms with van der Waals surface area (Å²) in [7, 11) is 0. The van der Waals surface area contributed by atoms with Gasteiger partial charge in [-0.25, -0.2) is 4.79 Å².